The molecule has 0 aliphatic carbocycles. The fraction of sp³-hybridized carbons (Fsp3) is 0.208. The van der Waals surface area contributed by atoms with Crippen LogP contribution in [0.5, 0.6) is 0 Å². The topological polar surface area (TPSA) is 53.9 Å². The average Bonchev–Trinajstić information content (AvgIpc) is 2.96. The number of halogens is 2. The van der Waals surface area contributed by atoms with E-state index in [-0.39, 0.29) is 6.54 Å². The fourth-order valence-electron chi connectivity index (χ4n) is 3.75. The molecule has 1 atom stereocenters. The van der Waals surface area contributed by atoms with Crippen LogP contribution in [0, 0.1) is 19.3 Å². The molecule has 4 aromatic rings. The van der Waals surface area contributed by atoms with Gasteiger partial charge in [-0.25, -0.2) is 0 Å². The molecule has 0 saturated heterocycles. The zero-order valence-corrected chi connectivity index (χ0v) is 18.4. The Balaban J connectivity index is 1.78. The maximum atomic E-state index is 10.9. The van der Waals surface area contributed by atoms with E-state index in [2.05, 4.69) is 25.1 Å². The van der Waals surface area contributed by atoms with E-state index in [1.165, 1.54) is 11.1 Å². The molecule has 4 nitrogen and oxygen atoms in total. The van der Waals surface area contributed by atoms with Crippen LogP contribution in [0.1, 0.15) is 28.4 Å². The standard InChI is InChI=1S/C24H23Cl2N3O/c1-15-7-10-21-22(11-15)28(13-18-6-4-3-5-16(18)2)24(27)29(21)14-23(30)17-8-9-19(25)20(26)12-17/h3-12,23,27,30H,13-14H2,1-2H3. The number of benzene rings is 3. The van der Waals surface area contributed by atoms with Crippen LogP contribution in [0.25, 0.3) is 11.0 Å². The van der Waals surface area contributed by atoms with Crippen molar-refractivity contribution < 1.29 is 5.11 Å². The summed E-state index contributed by atoms with van der Waals surface area (Å²) in [5.41, 5.74) is 6.39. The van der Waals surface area contributed by atoms with Crippen molar-refractivity contribution >= 4 is 34.2 Å². The molecular weight excluding hydrogens is 417 g/mol. The number of aliphatic hydroxyl groups is 1. The third-order valence-corrected chi connectivity index (χ3v) is 6.24. The van der Waals surface area contributed by atoms with E-state index in [1.807, 2.05) is 40.3 Å². The molecule has 0 aliphatic rings. The Morgan fingerprint density at radius 1 is 0.900 bits per heavy atom. The lowest BCUT2D eigenvalue weighted by Gasteiger charge is -2.13. The Hall–Kier alpha value is -2.53. The molecule has 2 N–H and O–H groups in total. The summed E-state index contributed by atoms with van der Waals surface area (Å²) in [7, 11) is 0. The van der Waals surface area contributed by atoms with Crippen molar-refractivity contribution in [2.24, 2.45) is 0 Å². The van der Waals surface area contributed by atoms with Gasteiger partial charge in [-0.2, -0.15) is 0 Å². The van der Waals surface area contributed by atoms with E-state index in [1.54, 1.807) is 18.2 Å². The lowest BCUT2D eigenvalue weighted by molar-refractivity contribution is 0.156. The van der Waals surface area contributed by atoms with Gasteiger partial charge >= 0.3 is 0 Å². The summed E-state index contributed by atoms with van der Waals surface area (Å²) in [6.45, 7) is 4.97. The second kappa shape index (κ2) is 8.31. The Bertz CT molecular complexity index is 1290. The van der Waals surface area contributed by atoms with Crippen LogP contribution in [0.3, 0.4) is 0 Å². The van der Waals surface area contributed by atoms with Crippen LogP contribution in [-0.4, -0.2) is 14.2 Å². The molecule has 0 fully saturated rings. The third-order valence-electron chi connectivity index (χ3n) is 5.50. The Morgan fingerprint density at radius 3 is 2.40 bits per heavy atom. The molecule has 0 saturated carbocycles. The molecule has 6 heteroatoms. The summed E-state index contributed by atoms with van der Waals surface area (Å²) < 4.78 is 3.84. The first-order valence-corrected chi connectivity index (χ1v) is 10.5. The van der Waals surface area contributed by atoms with Crippen molar-refractivity contribution in [2.75, 3.05) is 0 Å². The van der Waals surface area contributed by atoms with E-state index in [0.717, 1.165) is 16.6 Å². The van der Waals surface area contributed by atoms with Crippen LogP contribution in [-0.2, 0) is 13.1 Å². The molecule has 4 rings (SSSR count). The predicted molar refractivity (Wildman–Crippen MR) is 122 cm³/mol. The molecule has 30 heavy (non-hydrogen) atoms. The largest absolute Gasteiger partial charge is 0.387 e. The number of imidazole rings is 1. The van der Waals surface area contributed by atoms with E-state index < -0.39 is 6.10 Å². The highest BCUT2D eigenvalue weighted by Crippen LogP contribution is 2.27. The summed E-state index contributed by atoms with van der Waals surface area (Å²) in [4.78, 5) is 0. The van der Waals surface area contributed by atoms with E-state index in [9.17, 15) is 5.11 Å². The van der Waals surface area contributed by atoms with Gasteiger partial charge in [-0.3, -0.25) is 5.41 Å². The molecule has 1 heterocycles. The molecule has 3 aromatic carbocycles. The van der Waals surface area contributed by atoms with Gasteiger partial charge in [-0.05, 0) is 60.4 Å². The summed E-state index contributed by atoms with van der Waals surface area (Å²) in [5.74, 6) is 0. The Labute approximate surface area is 185 Å². The number of aryl methyl sites for hydroxylation is 2. The van der Waals surface area contributed by atoms with Crippen LogP contribution in [0.2, 0.25) is 10.0 Å². The van der Waals surface area contributed by atoms with Crippen LogP contribution in [0.15, 0.2) is 60.7 Å². The predicted octanol–water partition coefficient (Wildman–Crippen LogP) is 5.63. The highest BCUT2D eigenvalue weighted by Gasteiger charge is 2.17. The van der Waals surface area contributed by atoms with Crippen molar-refractivity contribution in [1.29, 1.82) is 5.41 Å². The van der Waals surface area contributed by atoms with Crippen molar-refractivity contribution in [1.82, 2.24) is 9.13 Å². The van der Waals surface area contributed by atoms with Gasteiger partial charge in [0.25, 0.3) is 0 Å². The lowest BCUT2D eigenvalue weighted by Crippen LogP contribution is -2.27. The van der Waals surface area contributed by atoms with Gasteiger partial charge in [-0.15, -0.1) is 0 Å². The first kappa shape index (κ1) is 20.7. The minimum Gasteiger partial charge on any atom is -0.387 e. The van der Waals surface area contributed by atoms with Gasteiger partial charge in [0.15, 0.2) is 0 Å². The van der Waals surface area contributed by atoms with Crippen LogP contribution >= 0.6 is 23.2 Å². The number of hydrogen-bond donors (Lipinski definition) is 2. The van der Waals surface area contributed by atoms with Crippen molar-refractivity contribution in [2.45, 2.75) is 33.0 Å². The summed E-state index contributed by atoms with van der Waals surface area (Å²) in [6.07, 6.45) is -0.812. The molecule has 0 bridgehead atoms. The SMILES string of the molecule is Cc1ccc2c(c1)n(Cc1ccccc1C)c(=N)n2CC(O)c1ccc(Cl)c(Cl)c1. The number of fused-ring (bicyclic) bond motifs is 1. The molecule has 1 aromatic heterocycles. The summed E-state index contributed by atoms with van der Waals surface area (Å²) >= 11 is 12.1. The van der Waals surface area contributed by atoms with Gasteiger partial charge < -0.3 is 14.2 Å². The fourth-order valence-corrected chi connectivity index (χ4v) is 4.06. The van der Waals surface area contributed by atoms with Crippen LogP contribution in [0.4, 0.5) is 0 Å². The number of aromatic nitrogens is 2. The molecule has 0 spiro atoms. The van der Waals surface area contributed by atoms with Crippen molar-refractivity contribution in [3.05, 3.63) is 98.6 Å². The zero-order chi connectivity index (χ0) is 21.4. The van der Waals surface area contributed by atoms with E-state index in [0.29, 0.717) is 27.8 Å². The monoisotopic (exact) mass is 439 g/mol. The minimum atomic E-state index is -0.812. The zero-order valence-electron chi connectivity index (χ0n) is 16.9. The Morgan fingerprint density at radius 2 is 1.67 bits per heavy atom. The quantitative estimate of drug-likeness (QED) is 0.415. The first-order valence-electron chi connectivity index (χ1n) is 9.77. The second-order valence-electron chi connectivity index (χ2n) is 7.63. The highest BCUT2D eigenvalue weighted by atomic mass is 35.5. The van der Waals surface area contributed by atoms with Gasteiger partial charge in [0.2, 0.25) is 5.62 Å². The normalized spacial score (nSPS) is 12.4. The lowest BCUT2D eigenvalue weighted by atomic mass is 10.1. The summed E-state index contributed by atoms with van der Waals surface area (Å²) in [5, 5.41) is 20.6. The van der Waals surface area contributed by atoms with Crippen LogP contribution < -0.4 is 5.62 Å². The number of nitrogens with zero attached hydrogens (tertiary/aromatic N) is 2. The molecule has 154 valence electrons. The molecule has 0 amide bonds. The van der Waals surface area contributed by atoms with Gasteiger partial charge in [-0.1, -0.05) is 59.6 Å². The maximum absolute atomic E-state index is 10.9. The Kier molecular flexibility index (Phi) is 5.74. The summed E-state index contributed by atoms with van der Waals surface area (Å²) in [6, 6.07) is 19.5. The first-order chi connectivity index (χ1) is 14.3. The maximum Gasteiger partial charge on any atom is 0.203 e. The van der Waals surface area contributed by atoms with Gasteiger partial charge in [0.1, 0.15) is 0 Å². The van der Waals surface area contributed by atoms with Crippen molar-refractivity contribution in [3.63, 3.8) is 0 Å². The van der Waals surface area contributed by atoms with E-state index in [4.69, 9.17) is 28.6 Å². The number of aliphatic hydroxyl groups excluding tert-OH is 1. The van der Waals surface area contributed by atoms with E-state index >= 15 is 0 Å². The third kappa shape index (κ3) is 3.91. The minimum absolute atomic E-state index is 0.247. The van der Waals surface area contributed by atoms with Crippen molar-refractivity contribution in [3.8, 4) is 0 Å². The smallest absolute Gasteiger partial charge is 0.203 e. The molecule has 0 radical (unpaired) electrons. The number of rotatable bonds is 5. The average molecular weight is 440 g/mol. The molecule has 1 unspecified atom stereocenters. The number of hydrogen-bond acceptors (Lipinski definition) is 2. The molecular formula is C24H23Cl2N3O. The second-order valence-corrected chi connectivity index (χ2v) is 8.44. The van der Waals surface area contributed by atoms with Gasteiger partial charge in [0.05, 0.1) is 40.3 Å². The molecule has 0 aliphatic heterocycles. The number of nitrogens with one attached hydrogen (secondary N) is 1. The van der Waals surface area contributed by atoms with Gasteiger partial charge in [0, 0.05) is 0 Å². The highest BCUT2D eigenvalue weighted by molar-refractivity contribution is 6.42.